The fourth-order valence-electron chi connectivity index (χ4n) is 2.38. The number of hydrogen-bond donors (Lipinski definition) is 2. The van der Waals surface area contributed by atoms with Gasteiger partial charge >= 0.3 is 0 Å². The predicted octanol–water partition coefficient (Wildman–Crippen LogP) is 4.00. The quantitative estimate of drug-likeness (QED) is 0.605. The molecule has 0 saturated carbocycles. The van der Waals surface area contributed by atoms with E-state index in [1.54, 1.807) is 42.5 Å². The number of carbonyl (C=O) groups is 1. The second-order valence-electron chi connectivity index (χ2n) is 6.02. The van der Waals surface area contributed by atoms with Crippen LogP contribution in [0.2, 0.25) is 0 Å². The maximum atomic E-state index is 12.4. The van der Waals surface area contributed by atoms with Crippen LogP contribution in [0.5, 0.6) is 0 Å². The Morgan fingerprint density at radius 2 is 1.47 bits per heavy atom. The highest BCUT2D eigenvalue weighted by Gasteiger charge is 2.14. The third kappa shape index (κ3) is 4.66. The van der Waals surface area contributed by atoms with E-state index in [0.717, 1.165) is 22.5 Å². The van der Waals surface area contributed by atoms with Gasteiger partial charge in [-0.1, -0.05) is 29.0 Å². The Balaban J connectivity index is 1.73. The van der Waals surface area contributed by atoms with Gasteiger partial charge in [-0.3, -0.25) is 4.79 Å². The van der Waals surface area contributed by atoms with E-state index < -0.39 is 0 Å². The molecule has 3 rings (SSSR count). The van der Waals surface area contributed by atoms with E-state index >= 15 is 0 Å². The van der Waals surface area contributed by atoms with Crippen molar-refractivity contribution in [1.29, 1.82) is 15.8 Å². The Morgan fingerprint density at radius 3 is 2.07 bits per heavy atom. The minimum absolute atomic E-state index is 0.126. The van der Waals surface area contributed by atoms with Gasteiger partial charge < -0.3 is 10.6 Å². The monoisotopic (exact) mass is 411 g/mol. The normalized spacial score (nSPS) is 9.53. The van der Waals surface area contributed by atoms with E-state index in [1.807, 2.05) is 31.2 Å². The van der Waals surface area contributed by atoms with Gasteiger partial charge in [0.2, 0.25) is 5.01 Å². The molecule has 0 aliphatic carbocycles. The number of hydrogen-bond acceptors (Lipinski definition) is 8. The predicted molar refractivity (Wildman–Crippen MR) is 112 cm³/mol. The van der Waals surface area contributed by atoms with Crippen molar-refractivity contribution >= 4 is 28.6 Å². The van der Waals surface area contributed by atoms with Crippen LogP contribution in [-0.2, 0) is 0 Å². The van der Waals surface area contributed by atoms with Crippen molar-refractivity contribution in [2.75, 3.05) is 10.6 Å². The lowest BCUT2D eigenvalue weighted by Crippen LogP contribution is -2.11. The number of nitrogens with one attached hydrogen (secondary N) is 2. The number of nitrogens with zero attached hydrogens (tertiary/aromatic N) is 5. The summed E-state index contributed by atoms with van der Waals surface area (Å²) >= 11 is 1.15. The Labute approximate surface area is 176 Å². The number of nitriles is 3. The van der Waals surface area contributed by atoms with Crippen molar-refractivity contribution in [2.24, 2.45) is 0 Å². The van der Waals surface area contributed by atoms with Crippen molar-refractivity contribution in [3.8, 4) is 28.8 Å². The lowest BCUT2D eigenvalue weighted by atomic mass is 10.2. The zero-order chi connectivity index (χ0) is 21.5. The van der Waals surface area contributed by atoms with E-state index in [4.69, 9.17) is 15.8 Å². The molecule has 144 valence electrons. The number of rotatable bonds is 5. The SMILES string of the molecule is Cc1ccc(NC(=O)c2nnc(-c3ccc(NC(C#N)=C(C#N)C#N)cc3)s2)cc1. The minimum Gasteiger partial charge on any atom is -0.345 e. The summed E-state index contributed by atoms with van der Waals surface area (Å²) in [7, 11) is 0. The largest absolute Gasteiger partial charge is 0.345 e. The van der Waals surface area contributed by atoms with Crippen molar-refractivity contribution < 1.29 is 4.79 Å². The first-order valence-electron chi connectivity index (χ1n) is 8.57. The van der Waals surface area contributed by atoms with Gasteiger partial charge in [-0.15, -0.1) is 10.2 Å². The molecule has 2 aromatic carbocycles. The van der Waals surface area contributed by atoms with Crippen molar-refractivity contribution in [3.63, 3.8) is 0 Å². The Bertz CT molecular complexity index is 1220. The summed E-state index contributed by atoms with van der Waals surface area (Å²) < 4.78 is 0. The summed E-state index contributed by atoms with van der Waals surface area (Å²) in [6, 6.07) is 19.4. The van der Waals surface area contributed by atoms with E-state index in [0.29, 0.717) is 16.4 Å². The van der Waals surface area contributed by atoms with Gasteiger partial charge in [0.25, 0.3) is 5.91 Å². The zero-order valence-corrected chi connectivity index (χ0v) is 16.5. The summed E-state index contributed by atoms with van der Waals surface area (Å²) in [6.07, 6.45) is 0. The first-order valence-corrected chi connectivity index (χ1v) is 9.39. The molecule has 0 bridgehead atoms. The van der Waals surface area contributed by atoms with Crippen molar-refractivity contribution in [1.82, 2.24) is 10.2 Å². The number of allylic oxidation sites excluding steroid dienone is 2. The number of amides is 1. The highest BCUT2D eigenvalue weighted by atomic mass is 32.1. The second kappa shape index (κ2) is 9.11. The topological polar surface area (TPSA) is 138 Å². The maximum absolute atomic E-state index is 12.4. The van der Waals surface area contributed by atoms with E-state index in [2.05, 4.69) is 20.8 Å². The smallest absolute Gasteiger partial charge is 0.286 e. The van der Waals surface area contributed by atoms with Crippen LogP contribution in [-0.4, -0.2) is 16.1 Å². The van der Waals surface area contributed by atoms with Crippen LogP contribution in [0, 0.1) is 40.9 Å². The first-order chi connectivity index (χ1) is 14.5. The lowest BCUT2D eigenvalue weighted by Gasteiger charge is -2.05. The molecule has 1 amide bonds. The van der Waals surface area contributed by atoms with Crippen LogP contribution in [0.25, 0.3) is 10.6 Å². The zero-order valence-electron chi connectivity index (χ0n) is 15.7. The van der Waals surface area contributed by atoms with Gasteiger partial charge in [-0.2, -0.15) is 15.8 Å². The molecule has 0 atom stereocenters. The van der Waals surface area contributed by atoms with Gasteiger partial charge in [0, 0.05) is 16.9 Å². The number of benzene rings is 2. The third-order valence-electron chi connectivity index (χ3n) is 3.92. The van der Waals surface area contributed by atoms with Gasteiger partial charge in [-0.25, -0.2) is 0 Å². The Kier molecular flexibility index (Phi) is 6.14. The number of aryl methyl sites for hydroxylation is 1. The standard InChI is InChI=1S/C21H13N7OS/c1-13-2-6-17(7-3-13)26-19(29)21-28-27-20(30-21)14-4-8-16(9-5-14)25-18(12-24)15(10-22)11-23/h2-9,25H,1H3,(H,26,29). The molecule has 0 saturated heterocycles. The van der Waals surface area contributed by atoms with Crippen LogP contribution in [0.3, 0.4) is 0 Å². The molecule has 30 heavy (non-hydrogen) atoms. The summed E-state index contributed by atoms with van der Waals surface area (Å²) in [5.74, 6) is -0.342. The fraction of sp³-hybridized carbons (Fsp3) is 0.0476. The van der Waals surface area contributed by atoms with Crippen LogP contribution in [0.15, 0.2) is 59.8 Å². The average molecular weight is 411 g/mol. The molecule has 0 spiro atoms. The number of aromatic nitrogens is 2. The number of carbonyl (C=O) groups excluding carboxylic acids is 1. The van der Waals surface area contributed by atoms with E-state index in [9.17, 15) is 4.79 Å². The fourth-order valence-corrected chi connectivity index (χ4v) is 3.12. The molecule has 0 radical (unpaired) electrons. The van der Waals surface area contributed by atoms with Crippen LogP contribution in [0.4, 0.5) is 11.4 Å². The molecule has 2 N–H and O–H groups in total. The summed E-state index contributed by atoms with van der Waals surface area (Å²) in [4.78, 5) is 12.4. The molecule has 3 aromatic rings. The maximum Gasteiger partial charge on any atom is 0.286 e. The van der Waals surface area contributed by atoms with Crippen LogP contribution in [0.1, 0.15) is 15.4 Å². The molecular formula is C21H13N7OS. The highest BCUT2D eigenvalue weighted by molar-refractivity contribution is 7.16. The Morgan fingerprint density at radius 1 is 0.867 bits per heavy atom. The molecule has 0 unspecified atom stereocenters. The summed E-state index contributed by atoms with van der Waals surface area (Å²) in [6.45, 7) is 1.97. The third-order valence-corrected chi connectivity index (χ3v) is 4.89. The van der Waals surface area contributed by atoms with Crippen LogP contribution < -0.4 is 10.6 Å². The molecule has 0 fully saturated rings. The molecule has 1 heterocycles. The van der Waals surface area contributed by atoms with Gasteiger partial charge in [0.15, 0.2) is 5.57 Å². The molecule has 9 heteroatoms. The first kappa shape index (κ1) is 20.2. The minimum atomic E-state index is -0.342. The Hall–Kier alpha value is -4.52. The molecule has 0 aliphatic rings. The van der Waals surface area contributed by atoms with Gasteiger partial charge in [0.05, 0.1) is 0 Å². The second-order valence-corrected chi connectivity index (χ2v) is 7.00. The van der Waals surface area contributed by atoms with Gasteiger partial charge in [0.1, 0.15) is 28.9 Å². The lowest BCUT2D eigenvalue weighted by molar-refractivity contribution is 0.102. The van der Waals surface area contributed by atoms with Crippen molar-refractivity contribution in [2.45, 2.75) is 6.92 Å². The molecule has 1 aromatic heterocycles. The molecule has 8 nitrogen and oxygen atoms in total. The molecular weight excluding hydrogens is 398 g/mol. The average Bonchev–Trinajstić information content (AvgIpc) is 3.26. The van der Waals surface area contributed by atoms with E-state index in [-0.39, 0.29) is 22.2 Å². The summed E-state index contributed by atoms with van der Waals surface area (Å²) in [5, 5.41) is 41.2. The summed E-state index contributed by atoms with van der Waals surface area (Å²) in [5.41, 5.74) is 2.61. The number of anilines is 2. The molecule has 0 aliphatic heterocycles. The van der Waals surface area contributed by atoms with E-state index in [1.165, 1.54) is 0 Å². The van der Waals surface area contributed by atoms with Crippen LogP contribution >= 0.6 is 11.3 Å². The van der Waals surface area contributed by atoms with Crippen molar-refractivity contribution in [3.05, 3.63) is 70.4 Å². The van der Waals surface area contributed by atoms with Gasteiger partial charge in [-0.05, 0) is 43.3 Å². The highest BCUT2D eigenvalue weighted by Crippen LogP contribution is 2.26.